The molecule has 0 bridgehead atoms. The summed E-state index contributed by atoms with van der Waals surface area (Å²) in [5.41, 5.74) is 0. The second-order valence-corrected chi connectivity index (χ2v) is 13.8. The largest absolute Gasteiger partial charge is 0.462 e. The lowest BCUT2D eigenvalue weighted by molar-refractivity contribution is -0.167. The quantitative estimate of drug-likeness (QED) is 0.0274. The number of ether oxygens (including phenoxy) is 3. The minimum absolute atomic E-state index is 0.0930. The van der Waals surface area contributed by atoms with Gasteiger partial charge in [-0.1, -0.05) is 146 Å². The molecule has 0 saturated carbocycles. The van der Waals surface area contributed by atoms with Gasteiger partial charge in [-0.05, 0) is 89.9 Å². The maximum atomic E-state index is 12.6. The molecule has 0 spiro atoms. The Morgan fingerprint density at radius 1 is 0.404 bits per heavy atom. The normalized spacial score (nSPS) is 12.6. The summed E-state index contributed by atoms with van der Waals surface area (Å²) in [4.78, 5) is 37.5. The van der Waals surface area contributed by atoms with E-state index in [9.17, 15) is 14.4 Å². The lowest BCUT2D eigenvalue weighted by Gasteiger charge is -2.18. The van der Waals surface area contributed by atoms with Crippen molar-refractivity contribution in [3.8, 4) is 0 Å². The standard InChI is InChI=1S/C46H78O6/c1-4-7-10-13-16-19-21-22-23-25-27-30-33-36-39-45(48)51-42-43(41-50-44(47)38-35-32-29-26-18-15-12-9-6-3)52-46(49)40-37-34-31-28-24-20-17-14-11-8-5-2/h7,9-10,12,14,16-19,26,43H,4-6,8,11,13,15,20-25,27-42H2,1-3H3/b10-7-,12-9-,17-14-,19-16-,26-18-. The third-order valence-electron chi connectivity index (χ3n) is 8.74. The van der Waals surface area contributed by atoms with Crippen molar-refractivity contribution in [3.05, 3.63) is 60.8 Å². The van der Waals surface area contributed by atoms with Crippen molar-refractivity contribution in [2.45, 2.75) is 200 Å². The van der Waals surface area contributed by atoms with E-state index in [0.717, 1.165) is 103 Å². The van der Waals surface area contributed by atoms with E-state index in [2.05, 4.69) is 81.5 Å². The number of hydrogen-bond acceptors (Lipinski definition) is 6. The molecule has 6 heteroatoms. The molecule has 0 aromatic heterocycles. The highest BCUT2D eigenvalue weighted by Gasteiger charge is 2.19. The van der Waals surface area contributed by atoms with Crippen LogP contribution < -0.4 is 0 Å². The predicted molar refractivity (Wildman–Crippen MR) is 219 cm³/mol. The second-order valence-electron chi connectivity index (χ2n) is 13.8. The van der Waals surface area contributed by atoms with Gasteiger partial charge in [0.05, 0.1) is 0 Å². The molecular formula is C46H78O6. The molecule has 0 saturated heterocycles. The number of carbonyl (C=O) groups excluding carboxylic acids is 3. The first-order valence-electron chi connectivity index (χ1n) is 21.3. The first-order valence-corrected chi connectivity index (χ1v) is 21.3. The lowest BCUT2D eigenvalue weighted by Crippen LogP contribution is -2.30. The summed E-state index contributed by atoms with van der Waals surface area (Å²) in [6.07, 6.45) is 47.9. The second kappa shape index (κ2) is 40.9. The number of unbranched alkanes of at least 4 members (excludes halogenated alkanes) is 16. The smallest absolute Gasteiger partial charge is 0.306 e. The Kier molecular flexibility index (Phi) is 38.6. The Morgan fingerprint density at radius 3 is 1.21 bits per heavy atom. The van der Waals surface area contributed by atoms with Gasteiger partial charge in [0.2, 0.25) is 0 Å². The maximum absolute atomic E-state index is 12.6. The molecule has 52 heavy (non-hydrogen) atoms. The average molecular weight is 727 g/mol. The summed E-state index contributed by atoms with van der Waals surface area (Å²) >= 11 is 0. The highest BCUT2D eigenvalue weighted by Crippen LogP contribution is 2.13. The van der Waals surface area contributed by atoms with Gasteiger partial charge in [0, 0.05) is 19.3 Å². The molecule has 0 aromatic rings. The monoisotopic (exact) mass is 727 g/mol. The molecule has 0 aliphatic rings. The summed E-state index contributed by atoms with van der Waals surface area (Å²) in [6.45, 7) is 6.30. The minimum Gasteiger partial charge on any atom is -0.462 e. The van der Waals surface area contributed by atoms with Crippen molar-refractivity contribution in [2.75, 3.05) is 13.2 Å². The van der Waals surface area contributed by atoms with Crippen LogP contribution in [-0.2, 0) is 28.6 Å². The van der Waals surface area contributed by atoms with Crippen LogP contribution in [0.25, 0.3) is 0 Å². The van der Waals surface area contributed by atoms with E-state index < -0.39 is 6.10 Å². The molecule has 1 unspecified atom stereocenters. The molecule has 0 aliphatic carbocycles. The fourth-order valence-electron chi connectivity index (χ4n) is 5.55. The lowest BCUT2D eigenvalue weighted by atomic mass is 10.1. The van der Waals surface area contributed by atoms with Crippen molar-refractivity contribution < 1.29 is 28.6 Å². The Balaban J connectivity index is 4.41. The summed E-state index contributed by atoms with van der Waals surface area (Å²) in [6, 6.07) is 0. The molecule has 0 aliphatic heterocycles. The first-order chi connectivity index (χ1) is 25.5. The van der Waals surface area contributed by atoms with E-state index >= 15 is 0 Å². The van der Waals surface area contributed by atoms with E-state index in [-0.39, 0.29) is 31.1 Å². The van der Waals surface area contributed by atoms with Crippen molar-refractivity contribution in [2.24, 2.45) is 0 Å². The van der Waals surface area contributed by atoms with Gasteiger partial charge in [0.15, 0.2) is 6.10 Å². The molecule has 0 fully saturated rings. The van der Waals surface area contributed by atoms with E-state index in [1.54, 1.807) is 0 Å². The Bertz CT molecular complexity index is 975. The van der Waals surface area contributed by atoms with Crippen LogP contribution in [0.1, 0.15) is 194 Å². The molecule has 0 rings (SSSR count). The van der Waals surface area contributed by atoms with Crippen LogP contribution in [0.15, 0.2) is 60.8 Å². The zero-order valence-corrected chi connectivity index (χ0v) is 33.8. The zero-order valence-electron chi connectivity index (χ0n) is 33.8. The van der Waals surface area contributed by atoms with Gasteiger partial charge in [0.25, 0.3) is 0 Å². The average Bonchev–Trinajstić information content (AvgIpc) is 3.14. The third-order valence-corrected chi connectivity index (χ3v) is 8.74. The predicted octanol–water partition coefficient (Wildman–Crippen LogP) is 13.4. The van der Waals surface area contributed by atoms with Crippen LogP contribution in [0, 0.1) is 0 Å². The van der Waals surface area contributed by atoms with Crippen LogP contribution >= 0.6 is 0 Å². The number of allylic oxidation sites excluding steroid dienone is 10. The summed E-state index contributed by atoms with van der Waals surface area (Å²) < 4.78 is 16.6. The van der Waals surface area contributed by atoms with Gasteiger partial charge in [-0.3, -0.25) is 14.4 Å². The number of hydrogen-bond donors (Lipinski definition) is 0. The van der Waals surface area contributed by atoms with Gasteiger partial charge in [-0.25, -0.2) is 0 Å². The van der Waals surface area contributed by atoms with Crippen molar-refractivity contribution >= 4 is 17.9 Å². The SMILES string of the molecule is CC/C=C\C/C=C\CCCCCCCCCC(=O)OCC(COC(=O)CCCC/C=C\C/C=C\CC)OC(=O)CCCCCCC/C=C\CCCC. The van der Waals surface area contributed by atoms with Crippen molar-refractivity contribution in [1.82, 2.24) is 0 Å². The Hall–Kier alpha value is -2.89. The van der Waals surface area contributed by atoms with Crippen LogP contribution in [0.4, 0.5) is 0 Å². The van der Waals surface area contributed by atoms with E-state index in [1.165, 1.54) is 51.4 Å². The van der Waals surface area contributed by atoms with Crippen LogP contribution in [-0.4, -0.2) is 37.2 Å². The van der Waals surface area contributed by atoms with Gasteiger partial charge < -0.3 is 14.2 Å². The van der Waals surface area contributed by atoms with Crippen molar-refractivity contribution in [3.63, 3.8) is 0 Å². The van der Waals surface area contributed by atoms with E-state index in [1.807, 2.05) is 0 Å². The molecular weight excluding hydrogens is 648 g/mol. The van der Waals surface area contributed by atoms with E-state index in [4.69, 9.17) is 14.2 Å². The number of esters is 3. The van der Waals surface area contributed by atoms with Gasteiger partial charge in [-0.2, -0.15) is 0 Å². The maximum Gasteiger partial charge on any atom is 0.306 e. The Labute approximate surface area is 320 Å². The molecule has 0 amide bonds. The summed E-state index contributed by atoms with van der Waals surface area (Å²) in [5, 5.41) is 0. The molecule has 1 atom stereocenters. The molecule has 0 radical (unpaired) electrons. The van der Waals surface area contributed by atoms with E-state index in [0.29, 0.717) is 19.3 Å². The topological polar surface area (TPSA) is 78.9 Å². The van der Waals surface area contributed by atoms with Gasteiger partial charge in [0.1, 0.15) is 13.2 Å². The molecule has 298 valence electrons. The number of carbonyl (C=O) groups is 3. The molecule has 0 N–H and O–H groups in total. The Morgan fingerprint density at radius 2 is 0.750 bits per heavy atom. The minimum atomic E-state index is -0.790. The fourth-order valence-corrected chi connectivity index (χ4v) is 5.55. The van der Waals surface area contributed by atoms with Gasteiger partial charge >= 0.3 is 17.9 Å². The van der Waals surface area contributed by atoms with Crippen LogP contribution in [0.5, 0.6) is 0 Å². The highest BCUT2D eigenvalue weighted by molar-refractivity contribution is 5.71. The third kappa shape index (κ3) is 38.3. The molecule has 0 aromatic carbocycles. The summed E-state index contributed by atoms with van der Waals surface area (Å²) in [5.74, 6) is -0.957. The zero-order chi connectivity index (χ0) is 38.0. The first kappa shape index (κ1) is 49.1. The fraction of sp³-hybridized carbons (Fsp3) is 0.717. The molecule has 0 heterocycles. The van der Waals surface area contributed by atoms with Crippen LogP contribution in [0.3, 0.4) is 0 Å². The summed E-state index contributed by atoms with van der Waals surface area (Å²) in [7, 11) is 0. The number of rotatable bonds is 37. The van der Waals surface area contributed by atoms with Crippen molar-refractivity contribution in [1.29, 1.82) is 0 Å². The van der Waals surface area contributed by atoms with Crippen LogP contribution in [0.2, 0.25) is 0 Å². The molecule has 6 nitrogen and oxygen atoms in total. The van der Waals surface area contributed by atoms with Gasteiger partial charge in [-0.15, -0.1) is 0 Å². The highest BCUT2D eigenvalue weighted by atomic mass is 16.6.